The molecule has 0 aliphatic rings. The normalized spacial score (nSPS) is 10.0. The summed E-state index contributed by atoms with van der Waals surface area (Å²) in [5, 5.41) is 5.48. The highest BCUT2D eigenvalue weighted by molar-refractivity contribution is 9.10. The molecule has 0 saturated heterocycles. The number of rotatable bonds is 7. The highest BCUT2D eigenvalue weighted by Gasteiger charge is 2.14. The van der Waals surface area contributed by atoms with Crippen LogP contribution in [0.2, 0.25) is 0 Å². The van der Waals surface area contributed by atoms with Crippen molar-refractivity contribution >= 4 is 33.4 Å². The van der Waals surface area contributed by atoms with Crippen molar-refractivity contribution in [2.45, 2.75) is 6.92 Å². The van der Waals surface area contributed by atoms with E-state index in [0.717, 1.165) is 0 Å². The van der Waals surface area contributed by atoms with Gasteiger partial charge in [-0.2, -0.15) is 0 Å². The molecule has 0 unspecified atom stereocenters. The average Bonchev–Trinajstić information content (AvgIpc) is 2.62. The molecule has 0 aliphatic carbocycles. The standard InChI is InChI=1S/C19H19BrN2O3/c1-3-11-21-19(24)14-7-5-6-8-16(14)22-18(23)13-9-10-17(25-4-2)15(20)12-13/h3,5-10,12H,1,4,11H2,2H3,(H,21,24)(H,22,23). The fraction of sp³-hybridized carbons (Fsp3) is 0.158. The molecule has 0 radical (unpaired) electrons. The van der Waals surface area contributed by atoms with Crippen LogP contribution >= 0.6 is 15.9 Å². The summed E-state index contributed by atoms with van der Waals surface area (Å²) in [5.74, 6) is 0.0830. The highest BCUT2D eigenvalue weighted by Crippen LogP contribution is 2.26. The molecule has 2 aromatic carbocycles. The number of carbonyl (C=O) groups excluding carboxylic acids is 2. The number of ether oxygens (including phenoxy) is 1. The van der Waals surface area contributed by atoms with Crippen LogP contribution in [0.4, 0.5) is 5.69 Å². The van der Waals surface area contributed by atoms with Crippen LogP contribution in [-0.2, 0) is 0 Å². The summed E-state index contributed by atoms with van der Waals surface area (Å²) in [6.07, 6.45) is 1.59. The lowest BCUT2D eigenvalue weighted by atomic mass is 10.1. The summed E-state index contributed by atoms with van der Waals surface area (Å²) < 4.78 is 6.13. The fourth-order valence-electron chi connectivity index (χ4n) is 2.16. The summed E-state index contributed by atoms with van der Waals surface area (Å²) in [4.78, 5) is 24.7. The molecule has 130 valence electrons. The molecule has 0 saturated carbocycles. The topological polar surface area (TPSA) is 67.4 Å². The Morgan fingerprint density at radius 1 is 1.20 bits per heavy atom. The summed E-state index contributed by atoms with van der Waals surface area (Å²) in [6, 6.07) is 11.9. The van der Waals surface area contributed by atoms with Crippen molar-refractivity contribution in [2.24, 2.45) is 0 Å². The third kappa shape index (κ3) is 4.93. The molecule has 2 N–H and O–H groups in total. The second-order valence-corrected chi connectivity index (χ2v) is 5.93. The first kappa shape index (κ1) is 18.7. The van der Waals surface area contributed by atoms with Crippen molar-refractivity contribution in [1.82, 2.24) is 5.32 Å². The van der Waals surface area contributed by atoms with Crippen LogP contribution < -0.4 is 15.4 Å². The number of amides is 2. The number of hydrogen-bond donors (Lipinski definition) is 2. The van der Waals surface area contributed by atoms with Gasteiger partial charge in [-0.15, -0.1) is 6.58 Å². The Morgan fingerprint density at radius 2 is 1.96 bits per heavy atom. The van der Waals surface area contributed by atoms with Crippen LogP contribution in [0, 0.1) is 0 Å². The van der Waals surface area contributed by atoms with Gasteiger partial charge in [-0.3, -0.25) is 9.59 Å². The third-order valence-electron chi connectivity index (χ3n) is 3.32. The van der Waals surface area contributed by atoms with Crippen LogP contribution in [0.3, 0.4) is 0 Å². The van der Waals surface area contributed by atoms with Crippen LogP contribution in [0.5, 0.6) is 5.75 Å². The van der Waals surface area contributed by atoms with Gasteiger partial charge in [-0.1, -0.05) is 18.2 Å². The number of anilines is 1. The molecule has 0 bridgehead atoms. The minimum atomic E-state index is -0.312. The van der Waals surface area contributed by atoms with Crippen molar-refractivity contribution in [3.05, 3.63) is 70.7 Å². The molecule has 2 rings (SSSR count). The zero-order valence-corrected chi connectivity index (χ0v) is 15.4. The van der Waals surface area contributed by atoms with Gasteiger partial charge in [0.25, 0.3) is 11.8 Å². The lowest BCUT2D eigenvalue weighted by molar-refractivity contribution is 0.0959. The van der Waals surface area contributed by atoms with E-state index < -0.39 is 0 Å². The largest absolute Gasteiger partial charge is 0.493 e. The number of nitrogens with one attached hydrogen (secondary N) is 2. The summed E-state index contributed by atoms with van der Waals surface area (Å²) in [7, 11) is 0. The molecule has 0 aromatic heterocycles. The number of carbonyl (C=O) groups is 2. The van der Waals surface area contributed by atoms with E-state index in [2.05, 4.69) is 33.1 Å². The number of benzene rings is 2. The van der Waals surface area contributed by atoms with Gasteiger partial charge in [0.05, 0.1) is 22.3 Å². The van der Waals surface area contributed by atoms with Gasteiger partial charge in [-0.25, -0.2) is 0 Å². The molecule has 5 nitrogen and oxygen atoms in total. The predicted molar refractivity (Wildman–Crippen MR) is 102 cm³/mol. The molecule has 0 spiro atoms. The second kappa shape index (κ2) is 9.03. The molecule has 2 amide bonds. The maximum Gasteiger partial charge on any atom is 0.255 e. The Morgan fingerprint density at radius 3 is 2.64 bits per heavy atom. The first-order valence-corrected chi connectivity index (χ1v) is 8.58. The molecule has 2 aromatic rings. The van der Waals surface area contributed by atoms with Gasteiger partial charge >= 0.3 is 0 Å². The number of hydrogen-bond acceptors (Lipinski definition) is 3. The molecule has 0 fully saturated rings. The Labute approximate surface area is 155 Å². The second-order valence-electron chi connectivity index (χ2n) is 5.08. The van der Waals surface area contributed by atoms with Crippen molar-refractivity contribution in [3.8, 4) is 5.75 Å². The SMILES string of the molecule is C=CCNC(=O)c1ccccc1NC(=O)c1ccc(OCC)c(Br)c1. The summed E-state index contributed by atoms with van der Waals surface area (Å²) in [6.45, 7) is 6.35. The summed E-state index contributed by atoms with van der Waals surface area (Å²) >= 11 is 3.39. The molecule has 6 heteroatoms. The monoisotopic (exact) mass is 402 g/mol. The average molecular weight is 403 g/mol. The quantitative estimate of drug-likeness (QED) is 0.687. The zero-order chi connectivity index (χ0) is 18.2. The van der Waals surface area contributed by atoms with Gasteiger partial charge in [-0.05, 0) is 53.2 Å². The molecule has 0 aliphatic heterocycles. The van der Waals surface area contributed by atoms with Gasteiger partial charge in [0.15, 0.2) is 0 Å². The van der Waals surface area contributed by atoms with E-state index >= 15 is 0 Å². The third-order valence-corrected chi connectivity index (χ3v) is 3.94. The van der Waals surface area contributed by atoms with E-state index in [0.29, 0.717) is 40.2 Å². The minimum Gasteiger partial charge on any atom is -0.493 e. The molecule has 0 heterocycles. The van der Waals surface area contributed by atoms with E-state index in [4.69, 9.17) is 4.74 Å². The Hall–Kier alpha value is -2.60. The molecular weight excluding hydrogens is 384 g/mol. The van der Waals surface area contributed by atoms with E-state index in [9.17, 15) is 9.59 Å². The first-order chi connectivity index (χ1) is 12.1. The van der Waals surface area contributed by atoms with Crippen LogP contribution in [0.1, 0.15) is 27.6 Å². The molecule has 0 atom stereocenters. The fourth-order valence-corrected chi connectivity index (χ4v) is 2.65. The Kier molecular flexibility index (Phi) is 6.77. The molecule has 25 heavy (non-hydrogen) atoms. The lowest BCUT2D eigenvalue weighted by Gasteiger charge is -2.12. The van der Waals surface area contributed by atoms with E-state index in [1.165, 1.54) is 0 Å². The highest BCUT2D eigenvalue weighted by atomic mass is 79.9. The van der Waals surface area contributed by atoms with Gasteiger partial charge < -0.3 is 15.4 Å². The Balaban J connectivity index is 2.19. The van der Waals surface area contributed by atoms with E-state index in [1.54, 1.807) is 48.5 Å². The van der Waals surface area contributed by atoms with E-state index in [-0.39, 0.29) is 11.8 Å². The Bertz CT molecular complexity index is 790. The molecular formula is C19H19BrN2O3. The maximum atomic E-state index is 12.5. The van der Waals surface area contributed by atoms with Crippen molar-refractivity contribution in [2.75, 3.05) is 18.5 Å². The van der Waals surface area contributed by atoms with Crippen molar-refractivity contribution in [1.29, 1.82) is 0 Å². The zero-order valence-electron chi connectivity index (χ0n) is 13.8. The van der Waals surface area contributed by atoms with Crippen molar-refractivity contribution < 1.29 is 14.3 Å². The number of para-hydroxylation sites is 1. The lowest BCUT2D eigenvalue weighted by Crippen LogP contribution is -2.25. The van der Waals surface area contributed by atoms with Crippen molar-refractivity contribution in [3.63, 3.8) is 0 Å². The van der Waals surface area contributed by atoms with Gasteiger partial charge in [0.2, 0.25) is 0 Å². The van der Waals surface area contributed by atoms with Gasteiger partial charge in [0, 0.05) is 12.1 Å². The van der Waals surface area contributed by atoms with Crippen LogP contribution in [-0.4, -0.2) is 25.0 Å². The van der Waals surface area contributed by atoms with Crippen LogP contribution in [0.15, 0.2) is 59.6 Å². The summed E-state index contributed by atoms with van der Waals surface area (Å²) in [5.41, 5.74) is 1.29. The predicted octanol–water partition coefficient (Wildman–Crippen LogP) is 4.02. The first-order valence-electron chi connectivity index (χ1n) is 7.78. The number of halogens is 1. The maximum absolute atomic E-state index is 12.5. The van der Waals surface area contributed by atoms with E-state index in [1.807, 2.05) is 6.92 Å². The smallest absolute Gasteiger partial charge is 0.255 e. The van der Waals surface area contributed by atoms with Crippen LogP contribution in [0.25, 0.3) is 0 Å². The van der Waals surface area contributed by atoms with Gasteiger partial charge in [0.1, 0.15) is 5.75 Å². The minimum absolute atomic E-state index is 0.274.